The summed E-state index contributed by atoms with van der Waals surface area (Å²) in [4.78, 5) is 51.3. The third-order valence-electron chi connectivity index (χ3n) is 0. The minimum atomic E-state index is -5.39. The van der Waals surface area contributed by atoms with Crippen LogP contribution in [-0.4, -0.2) is 189 Å². The summed E-state index contributed by atoms with van der Waals surface area (Å²) < 4.78 is 85.3. The Hall–Kier alpha value is 3.51. The van der Waals surface area contributed by atoms with Crippen LogP contribution in [0, 0.1) is 0 Å². The van der Waals surface area contributed by atoms with Gasteiger partial charge in [-0.3, -0.25) is 16.8 Å². The van der Waals surface area contributed by atoms with E-state index in [9.17, 15) is 0 Å². The first-order valence-electron chi connectivity index (χ1n) is 2.79. The second kappa shape index (κ2) is 51.2. The normalized spacial score (nSPS) is 7.31. The molecule has 0 heterocycles. The Labute approximate surface area is 260 Å². The van der Waals surface area contributed by atoms with E-state index in [0.29, 0.717) is 0 Å². The smallest absolute Gasteiger partial charge is 0.822 e. The molecule has 0 aliphatic heterocycles. The molecule has 14 N–H and O–H groups in total. The number of hydrogen-bond donors (Lipinski definition) is 0. The van der Waals surface area contributed by atoms with Crippen molar-refractivity contribution in [2.24, 2.45) is 0 Å². The van der Waals surface area contributed by atoms with Crippen LogP contribution in [0.25, 0.3) is 0 Å². The summed E-state index contributed by atoms with van der Waals surface area (Å²) in [5, 5.41) is 0. The molecule has 0 aliphatic carbocycles. The molecule has 0 aliphatic rings. The molecular weight excluding hydrogens is 616 g/mol. The van der Waals surface area contributed by atoms with Gasteiger partial charge in [0.15, 0.2) is 0 Å². The van der Waals surface area contributed by atoms with E-state index in [4.69, 9.17) is 73.5 Å². The van der Waals surface area contributed by atoms with Crippen molar-refractivity contribution < 1.29 is 112 Å². The van der Waals surface area contributed by atoms with Gasteiger partial charge in [0.05, 0.1) is 0 Å². The van der Waals surface area contributed by atoms with Crippen molar-refractivity contribution in [1.82, 2.24) is 0 Å². The van der Waals surface area contributed by atoms with Gasteiger partial charge in [-0.2, -0.15) is 15.6 Å². The van der Waals surface area contributed by atoms with Crippen molar-refractivity contribution in [2.75, 3.05) is 0 Å². The molecule has 23 nitrogen and oxygen atoms in total. The zero-order chi connectivity index (χ0) is 18.0. The van der Waals surface area contributed by atoms with Gasteiger partial charge in [-0.1, -0.05) is 0 Å². The molecule has 0 unspecified atom stereocenters. The van der Waals surface area contributed by atoms with E-state index in [1.807, 2.05) is 0 Å². The zero-order valence-corrected chi connectivity index (χ0v) is 25.8. The topological polar surface area (TPSA) is 554 Å². The van der Waals surface area contributed by atoms with Gasteiger partial charge in [0.1, 0.15) is 0 Å². The minimum Gasteiger partial charge on any atom is -0.822 e. The Morgan fingerprint density at radius 3 is 0.375 bits per heavy atom. The molecule has 0 bridgehead atoms. The van der Waals surface area contributed by atoms with Crippen molar-refractivity contribution in [3.05, 3.63) is 0 Å². The van der Waals surface area contributed by atoms with Gasteiger partial charge < -0.3 is 95.0 Å². The number of phosphoric acid groups is 2. The van der Waals surface area contributed by atoms with Crippen LogP contribution in [0.1, 0.15) is 0 Å². The molecule has 32 heteroatoms. The predicted molar refractivity (Wildman–Crippen MR) is 90.2 cm³/mol. The van der Waals surface area contributed by atoms with Crippen molar-refractivity contribution in [3.8, 4) is 0 Å². The Morgan fingerprint density at radius 2 is 0.375 bits per heavy atom. The first-order valence-corrected chi connectivity index (χ1v) is 8.38. The monoisotopic (exact) mass is 628 g/mol. The Kier molecular flexibility index (Phi) is 178. The summed E-state index contributed by atoms with van der Waals surface area (Å²) in [5.74, 6) is 0. The summed E-state index contributed by atoms with van der Waals surface area (Å²) in [7, 11) is -21.1. The fraction of sp³-hybridized carbons (Fsp3) is 0. The Bertz CT molecular complexity index is 446. The average molecular weight is 630 g/mol. The predicted octanol–water partition coefficient (Wildman–Crippen LogP) is -16.0. The maximum Gasteiger partial charge on any atom is 2.00 e. The van der Waals surface area contributed by atoms with E-state index in [2.05, 4.69) is 0 Å². The fourth-order valence-electron chi connectivity index (χ4n) is 0. The fourth-order valence-corrected chi connectivity index (χ4v) is 0. The van der Waals surface area contributed by atoms with Gasteiger partial charge in [0, 0.05) is 20.8 Å². The van der Waals surface area contributed by atoms with Crippen LogP contribution in [0.2, 0.25) is 0 Å². The van der Waals surface area contributed by atoms with E-state index in [0.717, 1.165) is 0 Å². The molecule has 0 fully saturated rings. The minimum absolute atomic E-state index is 0. The molecule has 184 valence electrons. The van der Waals surface area contributed by atoms with Crippen LogP contribution in [0.3, 0.4) is 0 Å². The van der Waals surface area contributed by atoms with Gasteiger partial charge in [0.25, 0.3) is 0 Å². The number of hydrogen-bond acceptors (Lipinski definition) is 16. The second-order valence-corrected chi connectivity index (χ2v) is 5.13. The van der Waals surface area contributed by atoms with Crippen molar-refractivity contribution >= 4 is 152 Å². The summed E-state index contributed by atoms with van der Waals surface area (Å²) in [6.45, 7) is 0. The number of rotatable bonds is 0. The third-order valence-corrected chi connectivity index (χ3v) is 0. The van der Waals surface area contributed by atoms with E-state index in [-0.39, 0.29) is 154 Å². The molecule has 32 heavy (non-hydrogen) atoms. The van der Waals surface area contributed by atoms with Crippen LogP contribution in [0.15, 0.2) is 0 Å². The van der Waals surface area contributed by atoms with E-state index < -0.39 is 36.4 Å². The first kappa shape index (κ1) is 111. The van der Waals surface area contributed by atoms with E-state index in [1.165, 1.54) is 0 Å². The first-order chi connectivity index (χ1) is 8.00. The SMILES string of the molecule is O.O.O.O.O.O.O.O=P([O-])([O-])[O-].O=P([O-])([O-])[O-].O=S(=O)([O-])[O-].O=S(=O)([O-])[O-].[Mg+2].[Mg+2].[Mg+2].[Mg+2].[Mg+2]. The molecule has 0 aromatic rings. The molecule has 0 saturated carbocycles. The molecule has 0 radical (unpaired) electrons. The van der Waals surface area contributed by atoms with Crippen molar-refractivity contribution in [2.45, 2.75) is 0 Å². The van der Waals surface area contributed by atoms with Gasteiger partial charge in [-0.15, -0.1) is 0 Å². The summed E-state index contributed by atoms with van der Waals surface area (Å²) in [5.41, 5.74) is 0. The third kappa shape index (κ3) is 2870. The quantitative estimate of drug-likeness (QED) is 0.104. The zero-order valence-electron chi connectivity index (χ0n) is 15.3. The summed E-state index contributed by atoms with van der Waals surface area (Å²) in [6.07, 6.45) is 0. The van der Waals surface area contributed by atoms with Crippen molar-refractivity contribution in [1.29, 1.82) is 0 Å². The Balaban J connectivity index is -0.00000000677. The van der Waals surface area contributed by atoms with Gasteiger partial charge >= 0.3 is 115 Å². The molecule has 0 rings (SSSR count). The maximum atomic E-state index is 8.55. The molecule has 0 saturated heterocycles. The van der Waals surface area contributed by atoms with Crippen LogP contribution < -0.4 is 29.4 Å². The molecule has 0 atom stereocenters. The molecule has 0 spiro atoms. The standard InChI is InChI=1S/5Mg.2H3O4P.2H2O4S.7H2O/c;;;;;4*1-5(2,3)4;;;;;;;/h;;;;;2*(H3,1,2,3,4);2*(H2,1,2,3,4);7*1H2/q5*+2;;;;;;;;;;;/p-10. The van der Waals surface area contributed by atoms with Crippen LogP contribution in [-0.2, 0) is 29.9 Å². The van der Waals surface area contributed by atoms with Crippen molar-refractivity contribution in [3.63, 3.8) is 0 Å². The maximum absolute atomic E-state index is 8.55. The van der Waals surface area contributed by atoms with E-state index in [1.54, 1.807) is 0 Å². The van der Waals surface area contributed by atoms with Gasteiger partial charge in [-0.05, 0) is 0 Å². The summed E-state index contributed by atoms with van der Waals surface area (Å²) >= 11 is 0. The van der Waals surface area contributed by atoms with Crippen LogP contribution in [0.5, 0.6) is 0 Å². The molecule has 0 aromatic heterocycles. The van der Waals surface area contributed by atoms with Gasteiger partial charge in [-0.25, -0.2) is 0 Å². The second-order valence-electron chi connectivity index (χ2n) is 1.71. The molecule has 0 aromatic carbocycles. The van der Waals surface area contributed by atoms with E-state index >= 15 is 0 Å². The molecular formula is H14Mg5O23P2S2. The largest absolute Gasteiger partial charge is 2.00 e. The molecule has 0 amide bonds. The Morgan fingerprint density at radius 1 is 0.375 bits per heavy atom. The average Bonchev–Trinajstić information content (AvgIpc) is 1.62. The van der Waals surface area contributed by atoms with Gasteiger partial charge in [0.2, 0.25) is 0 Å². The summed E-state index contributed by atoms with van der Waals surface area (Å²) in [6, 6.07) is 0. The van der Waals surface area contributed by atoms with Crippen LogP contribution >= 0.6 is 15.6 Å². The van der Waals surface area contributed by atoms with Crippen LogP contribution in [0.4, 0.5) is 0 Å².